The lowest BCUT2D eigenvalue weighted by Gasteiger charge is -2.60. The Bertz CT molecular complexity index is 1430. The van der Waals surface area contributed by atoms with Crippen LogP contribution in [-0.2, 0) is 12.8 Å². The molecule has 4 unspecified atom stereocenters. The Hall–Kier alpha value is -2.11. The molecule has 1 amide bonds. The maximum atomic E-state index is 13.8. The summed E-state index contributed by atoms with van der Waals surface area (Å²) < 4.78 is 2.01. The first-order valence-electron chi connectivity index (χ1n) is 14.5. The third-order valence-electron chi connectivity index (χ3n) is 10.4. The number of rotatable bonds is 4. The Kier molecular flexibility index (Phi) is 5.87. The monoisotopic (exact) mass is 547 g/mol. The van der Waals surface area contributed by atoms with Crippen LogP contribution in [0.25, 0.3) is 11.3 Å². The molecule has 3 saturated carbocycles. The SMILES string of the molecule is Cc1cc2c(s1)CCCC1=C2c2c(c(C(=O)NCC3CCC4CC3C4(C)C)nn2C2=CCC(C)C=C2Cl)C1. The molecule has 6 heteroatoms. The fourth-order valence-corrected chi connectivity index (χ4v) is 9.61. The van der Waals surface area contributed by atoms with Crippen molar-refractivity contribution in [3.63, 3.8) is 0 Å². The summed E-state index contributed by atoms with van der Waals surface area (Å²) in [6.45, 7) is 9.98. The van der Waals surface area contributed by atoms with Gasteiger partial charge < -0.3 is 5.32 Å². The molecule has 2 aromatic heterocycles. The highest BCUT2D eigenvalue weighted by atomic mass is 35.5. The lowest BCUT2D eigenvalue weighted by molar-refractivity contribution is -0.103. The van der Waals surface area contributed by atoms with Gasteiger partial charge in [-0.05, 0) is 99.0 Å². The van der Waals surface area contributed by atoms with Crippen LogP contribution in [0.5, 0.6) is 0 Å². The van der Waals surface area contributed by atoms with Crippen LogP contribution in [0.2, 0.25) is 0 Å². The van der Waals surface area contributed by atoms with Crippen LogP contribution in [-0.4, -0.2) is 22.2 Å². The smallest absolute Gasteiger partial charge is 0.272 e. The van der Waals surface area contributed by atoms with Gasteiger partial charge in [0, 0.05) is 27.4 Å². The van der Waals surface area contributed by atoms with Crippen molar-refractivity contribution in [3.8, 4) is 0 Å². The third-order valence-corrected chi connectivity index (χ3v) is 11.8. The van der Waals surface area contributed by atoms with Crippen LogP contribution >= 0.6 is 22.9 Å². The van der Waals surface area contributed by atoms with Gasteiger partial charge in [0.1, 0.15) is 0 Å². The summed E-state index contributed by atoms with van der Waals surface area (Å²) in [5, 5.41) is 9.11. The predicted octanol–water partition coefficient (Wildman–Crippen LogP) is 7.75. The Morgan fingerprint density at radius 3 is 2.89 bits per heavy atom. The number of carbonyl (C=O) groups excluding carboxylic acids is 1. The first-order valence-corrected chi connectivity index (χ1v) is 15.7. The molecule has 2 heterocycles. The van der Waals surface area contributed by atoms with Gasteiger partial charge in [-0.3, -0.25) is 4.79 Å². The van der Waals surface area contributed by atoms with Crippen LogP contribution in [0.1, 0.15) is 96.4 Å². The molecule has 3 fully saturated rings. The number of amides is 1. The fourth-order valence-electron chi connectivity index (χ4n) is 8.15. The summed E-state index contributed by atoms with van der Waals surface area (Å²) in [4.78, 5) is 16.6. The second-order valence-corrected chi connectivity index (χ2v) is 14.8. The van der Waals surface area contributed by atoms with Gasteiger partial charge in [-0.15, -0.1) is 11.3 Å². The number of thiophene rings is 1. The molecule has 0 aliphatic heterocycles. The second-order valence-electron chi connectivity index (χ2n) is 13.0. The number of hydrogen-bond donors (Lipinski definition) is 1. The molecule has 0 radical (unpaired) electrons. The van der Waals surface area contributed by atoms with E-state index in [1.807, 2.05) is 16.0 Å². The number of aromatic nitrogens is 2. The molecular weight excluding hydrogens is 510 g/mol. The highest BCUT2D eigenvalue weighted by Gasteiger charge is 2.54. The molecule has 0 saturated heterocycles. The fraction of sp³-hybridized carbons (Fsp3) is 0.562. The molecule has 6 aliphatic rings. The molecule has 1 N–H and O–H groups in total. The Balaban J connectivity index is 1.26. The normalized spacial score (nSPS) is 29.0. The van der Waals surface area contributed by atoms with E-state index in [0.717, 1.165) is 72.5 Å². The highest BCUT2D eigenvalue weighted by molar-refractivity contribution is 7.12. The molecule has 2 bridgehead atoms. The standard InChI is InChI=1S/C32H38ClN3OS/c1-17-8-11-26(25(33)12-17)36-30-23(14-19-6-5-7-27-22(28(19)30)13-18(2)38-27)29(35-36)31(37)34-16-20-9-10-21-15-24(20)32(21,3)4/h11-13,17,20-21,24H,5-10,14-16H2,1-4H3,(H,34,37). The number of fused-ring (bicyclic) bond motifs is 6. The van der Waals surface area contributed by atoms with Crippen molar-refractivity contribution in [2.45, 2.75) is 79.1 Å². The van der Waals surface area contributed by atoms with Crippen molar-refractivity contribution in [2.75, 3.05) is 6.54 Å². The highest BCUT2D eigenvalue weighted by Crippen LogP contribution is 2.61. The van der Waals surface area contributed by atoms with Crippen molar-refractivity contribution >= 4 is 40.1 Å². The first-order chi connectivity index (χ1) is 18.2. The number of nitrogens with one attached hydrogen (secondary N) is 1. The van der Waals surface area contributed by atoms with E-state index in [4.69, 9.17) is 16.7 Å². The summed E-state index contributed by atoms with van der Waals surface area (Å²) in [5.74, 6) is 2.54. The van der Waals surface area contributed by atoms with Crippen molar-refractivity contribution in [1.29, 1.82) is 0 Å². The maximum absolute atomic E-state index is 13.8. The molecule has 38 heavy (non-hydrogen) atoms. The first kappa shape index (κ1) is 24.9. The molecule has 0 spiro atoms. The lowest BCUT2D eigenvalue weighted by Crippen LogP contribution is -2.54. The number of nitrogens with zero attached hydrogens (tertiary/aromatic N) is 2. The Morgan fingerprint density at radius 2 is 2.13 bits per heavy atom. The molecule has 4 atom stereocenters. The molecule has 4 nitrogen and oxygen atoms in total. The lowest BCUT2D eigenvalue weighted by atomic mass is 9.45. The van der Waals surface area contributed by atoms with Crippen LogP contribution in [0, 0.1) is 36.0 Å². The van der Waals surface area contributed by atoms with Crippen molar-refractivity contribution in [3.05, 3.63) is 61.1 Å². The molecule has 8 rings (SSSR count). The van der Waals surface area contributed by atoms with Gasteiger partial charge in [0.2, 0.25) is 0 Å². The van der Waals surface area contributed by atoms with E-state index in [1.165, 1.54) is 45.7 Å². The number of aryl methyl sites for hydroxylation is 2. The van der Waals surface area contributed by atoms with E-state index in [0.29, 0.717) is 22.9 Å². The minimum atomic E-state index is -0.0245. The van der Waals surface area contributed by atoms with E-state index < -0.39 is 0 Å². The number of hydrogen-bond acceptors (Lipinski definition) is 3. The predicted molar refractivity (Wildman–Crippen MR) is 156 cm³/mol. The van der Waals surface area contributed by atoms with Crippen molar-refractivity contribution in [2.24, 2.45) is 29.1 Å². The Labute approximate surface area is 235 Å². The van der Waals surface area contributed by atoms with Crippen molar-refractivity contribution in [1.82, 2.24) is 15.1 Å². The zero-order valence-corrected chi connectivity index (χ0v) is 24.6. The van der Waals surface area contributed by atoms with Gasteiger partial charge in [0.25, 0.3) is 5.91 Å². The van der Waals surface area contributed by atoms with Crippen LogP contribution in [0.3, 0.4) is 0 Å². The summed E-state index contributed by atoms with van der Waals surface area (Å²) in [6, 6.07) is 2.35. The van der Waals surface area contributed by atoms with Gasteiger partial charge in [0.15, 0.2) is 5.69 Å². The average Bonchev–Trinajstić information content (AvgIpc) is 3.51. The van der Waals surface area contributed by atoms with E-state index in [1.54, 1.807) is 0 Å². The number of halogens is 1. The topological polar surface area (TPSA) is 46.9 Å². The largest absolute Gasteiger partial charge is 0.350 e. The van der Waals surface area contributed by atoms with Crippen molar-refractivity contribution < 1.29 is 4.79 Å². The van der Waals surface area contributed by atoms with Gasteiger partial charge in [-0.1, -0.05) is 50.1 Å². The number of allylic oxidation sites excluding steroid dienone is 5. The molecule has 200 valence electrons. The van der Waals surface area contributed by atoms with Gasteiger partial charge in [-0.2, -0.15) is 5.10 Å². The summed E-state index contributed by atoms with van der Waals surface area (Å²) in [5.41, 5.74) is 8.22. The van der Waals surface area contributed by atoms with E-state index >= 15 is 0 Å². The third kappa shape index (κ3) is 3.75. The minimum absolute atomic E-state index is 0.0245. The van der Waals surface area contributed by atoms with Crippen LogP contribution < -0.4 is 5.32 Å². The maximum Gasteiger partial charge on any atom is 0.272 e. The zero-order chi connectivity index (χ0) is 26.3. The van der Waals surface area contributed by atoms with Gasteiger partial charge in [0.05, 0.1) is 16.4 Å². The van der Waals surface area contributed by atoms with Crippen LogP contribution in [0.4, 0.5) is 0 Å². The molecule has 2 aromatic rings. The minimum Gasteiger partial charge on any atom is -0.350 e. The average molecular weight is 548 g/mol. The molecular formula is C32H38ClN3OS. The second kappa shape index (κ2) is 8.96. The molecule has 6 aliphatic carbocycles. The number of carbonyl (C=O) groups is 1. The van der Waals surface area contributed by atoms with E-state index in [9.17, 15) is 4.79 Å². The molecule has 0 aromatic carbocycles. The Morgan fingerprint density at radius 1 is 1.29 bits per heavy atom. The van der Waals surface area contributed by atoms with Gasteiger partial charge >= 0.3 is 0 Å². The van der Waals surface area contributed by atoms with Crippen LogP contribution in [0.15, 0.2) is 28.8 Å². The van der Waals surface area contributed by atoms with Gasteiger partial charge in [-0.25, -0.2) is 4.68 Å². The quantitative estimate of drug-likeness (QED) is 0.425. The zero-order valence-electron chi connectivity index (χ0n) is 23.0. The summed E-state index contributed by atoms with van der Waals surface area (Å²) >= 11 is 8.76. The summed E-state index contributed by atoms with van der Waals surface area (Å²) in [6.07, 6.45) is 13.3. The van der Waals surface area contributed by atoms with E-state index in [-0.39, 0.29) is 5.91 Å². The summed E-state index contributed by atoms with van der Waals surface area (Å²) in [7, 11) is 0. The van der Waals surface area contributed by atoms with E-state index in [2.05, 4.69) is 51.2 Å².